The van der Waals surface area contributed by atoms with Crippen LogP contribution in [0.15, 0.2) is 12.1 Å². The molecule has 2 saturated heterocycles. The van der Waals surface area contributed by atoms with Crippen LogP contribution in [0.2, 0.25) is 0 Å². The van der Waals surface area contributed by atoms with Crippen LogP contribution >= 0.6 is 0 Å². The summed E-state index contributed by atoms with van der Waals surface area (Å²) in [6, 6.07) is 4.53. The van der Waals surface area contributed by atoms with Crippen LogP contribution in [-0.2, 0) is 31.6 Å². The third kappa shape index (κ3) is 4.63. The third-order valence-corrected chi connectivity index (χ3v) is 7.44. The Kier molecular flexibility index (Phi) is 6.07. The lowest BCUT2D eigenvalue weighted by molar-refractivity contribution is -0.883. The number of hydrogen-bond acceptors (Lipinski definition) is 4. The Labute approximate surface area is 190 Å². The van der Waals surface area contributed by atoms with Crippen molar-refractivity contribution in [1.29, 1.82) is 0 Å². The Morgan fingerprint density at radius 2 is 0.968 bits per heavy atom. The van der Waals surface area contributed by atoms with Gasteiger partial charge in [0, 0.05) is 5.56 Å². The van der Waals surface area contributed by atoms with Gasteiger partial charge in [0.2, 0.25) is 0 Å². The molecule has 2 aliphatic rings. The van der Waals surface area contributed by atoms with Gasteiger partial charge >= 0.3 is 14.2 Å². The first kappa shape index (κ1) is 24.8. The Morgan fingerprint density at radius 3 is 1.29 bits per heavy atom. The Balaban J connectivity index is 2.09. The van der Waals surface area contributed by atoms with E-state index in [0.717, 1.165) is 28.4 Å². The molecule has 0 spiro atoms. The largest absolute Gasteiger partial charge is 0.495 e. The molecule has 2 heterocycles. The van der Waals surface area contributed by atoms with Crippen LogP contribution < -0.4 is 10.9 Å². The maximum Gasteiger partial charge on any atom is 0.495 e. The molecule has 0 N–H and O–H groups in total. The van der Waals surface area contributed by atoms with Gasteiger partial charge in [0.1, 0.15) is 6.54 Å². The second-order valence-corrected chi connectivity index (χ2v) is 12.2. The maximum atomic E-state index is 6.44. The van der Waals surface area contributed by atoms with Gasteiger partial charge in [-0.3, -0.25) is 0 Å². The lowest BCUT2D eigenvalue weighted by Gasteiger charge is -2.32. The Morgan fingerprint density at radius 1 is 0.645 bits per heavy atom. The van der Waals surface area contributed by atoms with Crippen molar-refractivity contribution in [2.75, 3.05) is 21.1 Å². The molecule has 0 aliphatic carbocycles. The lowest BCUT2D eigenvalue weighted by atomic mass is 9.68. The molecule has 2 aliphatic heterocycles. The maximum absolute atomic E-state index is 6.44. The quantitative estimate of drug-likeness (QED) is 0.532. The number of benzene rings is 1. The summed E-state index contributed by atoms with van der Waals surface area (Å²) >= 11 is 0. The van der Waals surface area contributed by atoms with Crippen molar-refractivity contribution in [3.8, 4) is 0 Å². The molecule has 0 atom stereocenters. The molecule has 0 aromatic heterocycles. The van der Waals surface area contributed by atoms with E-state index in [4.69, 9.17) is 18.6 Å². The fourth-order valence-electron chi connectivity index (χ4n) is 4.06. The molecule has 7 heteroatoms. The number of hydrogen-bond donors (Lipinski definition) is 0. The second kappa shape index (κ2) is 7.59. The molecule has 3 rings (SSSR count). The fourth-order valence-corrected chi connectivity index (χ4v) is 4.06. The van der Waals surface area contributed by atoms with E-state index in [-0.39, 0.29) is 36.6 Å². The van der Waals surface area contributed by atoms with Crippen molar-refractivity contribution < 1.29 is 23.1 Å². The van der Waals surface area contributed by atoms with E-state index in [1.165, 1.54) is 11.1 Å². The molecular weight excluding hydrogens is 388 g/mol. The smallest absolute Gasteiger partial charge is 0.399 e. The van der Waals surface area contributed by atoms with Gasteiger partial charge in [-0.05, 0) is 78.3 Å². The molecule has 5 nitrogen and oxygen atoms in total. The van der Waals surface area contributed by atoms with Gasteiger partial charge in [-0.25, -0.2) is 0 Å². The van der Waals surface area contributed by atoms with Crippen molar-refractivity contribution >= 4 is 25.2 Å². The van der Waals surface area contributed by atoms with E-state index < -0.39 is 0 Å². The second-order valence-electron chi connectivity index (χ2n) is 12.2. The van der Waals surface area contributed by atoms with Gasteiger partial charge in [0.15, 0.2) is 0 Å². The number of rotatable bonds is 5. The highest BCUT2D eigenvalue weighted by Gasteiger charge is 2.54. The highest BCUT2D eigenvalue weighted by Crippen LogP contribution is 2.38. The zero-order chi connectivity index (χ0) is 23.6. The van der Waals surface area contributed by atoms with E-state index in [1.54, 1.807) is 0 Å². The summed E-state index contributed by atoms with van der Waals surface area (Å²) in [5, 5.41) is 0. The normalized spacial score (nSPS) is 24.1. The van der Waals surface area contributed by atoms with Crippen LogP contribution in [0.4, 0.5) is 0 Å². The minimum atomic E-state index is -0.385. The molecule has 0 amide bonds. The lowest BCUT2D eigenvalue weighted by Crippen LogP contribution is -2.45. The van der Waals surface area contributed by atoms with Crippen LogP contribution in [0.25, 0.3) is 0 Å². The van der Waals surface area contributed by atoms with Crippen molar-refractivity contribution in [1.82, 2.24) is 0 Å². The molecule has 0 radical (unpaired) electrons. The van der Waals surface area contributed by atoms with Gasteiger partial charge in [0.05, 0.1) is 43.5 Å². The monoisotopic (exact) mass is 430 g/mol. The summed E-state index contributed by atoms with van der Waals surface area (Å²) in [6.07, 6.45) is 0.885. The average molecular weight is 430 g/mol. The standard InChI is InChI=1S/C24H42B2NO4/c1-13-17-14-20(26-30-23(6,7)24(8,9)31-26)18(16-27(10,11)12)15-19(17)25-28-21(2,3)22(4,5)29-25/h14-15H,13,16H2,1-12H3/q+1. The zero-order valence-electron chi connectivity index (χ0n) is 21.8. The molecule has 2 fully saturated rings. The number of nitrogens with zero attached hydrogens (tertiary/aromatic N) is 1. The van der Waals surface area contributed by atoms with Crippen molar-refractivity contribution in [3.63, 3.8) is 0 Å². The summed E-state index contributed by atoms with van der Waals surface area (Å²) in [5.41, 5.74) is 3.18. The molecule has 0 unspecified atom stereocenters. The van der Waals surface area contributed by atoms with Gasteiger partial charge in [0.25, 0.3) is 0 Å². The average Bonchev–Trinajstić information content (AvgIpc) is 2.92. The van der Waals surface area contributed by atoms with Gasteiger partial charge < -0.3 is 23.1 Å². The summed E-state index contributed by atoms with van der Waals surface area (Å²) in [4.78, 5) is 0. The van der Waals surface area contributed by atoms with Crippen molar-refractivity contribution in [2.45, 2.75) is 97.7 Å². The van der Waals surface area contributed by atoms with E-state index in [0.29, 0.717) is 0 Å². The first-order valence-corrected chi connectivity index (χ1v) is 11.6. The fraction of sp³-hybridized carbons (Fsp3) is 0.750. The van der Waals surface area contributed by atoms with Crippen molar-refractivity contribution in [3.05, 3.63) is 23.3 Å². The zero-order valence-corrected chi connectivity index (χ0v) is 21.8. The minimum absolute atomic E-state index is 0.368. The van der Waals surface area contributed by atoms with Crippen LogP contribution in [-0.4, -0.2) is 62.3 Å². The van der Waals surface area contributed by atoms with Crippen LogP contribution in [0, 0.1) is 0 Å². The highest BCUT2D eigenvalue weighted by atomic mass is 16.7. The van der Waals surface area contributed by atoms with E-state index in [1.807, 2.05) is 0 Å². The SMILES string of the molecule is CCc1cc(B2OC(C)(C)C(C)(C)O2)c(C[N+](C)(C)C)cc1B1OC(C)(C)C(C)(C)O1. The molecule has 1 aromatic carbocycles. The van der Waals surface area contributed by atoms with Crippen LogP contribution in [0.1, 0.15) is 73.4 Å². The summed E-state index contributed by atoms with van der Waals surface area (Å²) < 4.78 is 26.5. The summed E-state index contributed by atoms with van der Waals surface area (Å²) in [5.74, 6) is 0. The van der Waals surface area contributed by atoms with Crippen LogP contribution in [0.5, 0.6) is 0 Å². The Hall–Kier alpha value is -0.850. The topological polar surface area (TPSA) is 36.9 Å². The molecule has 0 bridgehead atoms. The third-order valence-electron chi connectivity index (χ3n) is 7.44. The molecule has 0 saturated carbocycles. The van der Waals surface area contributed by atoms with Gasteiger partial charge in [-0.1, -0.05) is 19.1 Å². The number of aryl methyl sites for hydroxylation is 1. The first-order valence-electron chi connectivity index (χ1n) is 11.6. The Bertz CT molecular complexity index is 811. The molecular formula is C24H42B2NO4+. The first-order chi connectivity index (χ1) is 13.9. The molecule has 172 valence electrons. The van der Waals surface area contributed by atoms with Gasteiger partial charge in [-0.2, -0.15) is 0 Å². The number of quaternary nitrogens is 1. The minimum Gasteiger partial charge on any atom is -0.399 e. The molecule has 1 aromatic rings. The predicted molar refractivity (Wildman–Crippen MR) is 129 cm³/mol. The van der Waals surface area contributed by atoms with E-state index in [9.17, 15) is 0 Å². The van der Waals surface area contributed by atoms with Crippen LogP contribution in [0.3, 0.4) is 0 Å². The summed E-state index contributed by atoms with van der Waals surface area (Å²) in [7, 11) is 5.85. The van der Waals surface area contributed by atoms with E-state index >= 15 is 0 Å². The van der Waals surface area contributed by atoms with Crippen molar-refractivity contribution in [2.24, 2.45) is 0 Å². The predicted octanol–water partition coefficient (Wildman–Crippen LogP) is 3.05. The highest BCUT2D eigenvalue weighted by molar-refractivity contribution is 6.65. The van der Waals surface area contributed by atoms with Gasteiger partial charge in [-0.15, -0.1) is 0 Å². The molecule has 31 heavy (non-hydrogen) atoms. The summed E-state index contributed by atoms with van der Waals surface area (Å²) in [6.45, 7) is 19.9. The van der Waals surface area contributed by atoms with E-state index in [2.05, 4.69) is 95.6 Å².